The highest BCUT2D eigenvalue weighted by atomic mass is 127. The zero-order valence-corrected chi connectivity index (χ0v) is 9.45. The molecular formula is C6H4FIO5S. The van der Waals surface area contributed by atoms with Crippen molar-refractivity contribution >= 4 is 29.9 Å². The molecule has 8 heteroatoms. The second-order valence-electron chi connectivity index (χ2n) is 2.27. The van der Waals surface area contributed by atoms with Crippen molar-refractivity contribution in [1.29, 1.82) is 0 Å². The lowest BCUT2D eigenvalue weighted by atomic mass is 10.3. The van der Waals surface area contributed by atoms with Crippen LogP contribution in [0.3, 0.4) is 0 Å². The van der Waals surface area contributed by atoms with Crippen molar-refractivity contribution in [2.24, 2.45) is 0 Å². The van der Waals surface area contributed by atoms with Crippen molar-refractivity contribution in [2.45, 2.75) is 4.90 Å². The number of hydrogen-bond donors (Lipinski definition) is 1. The highest BCUT2D eigenvalue weighted by Crippen LogP contribution is 2.25. The lowest BCUT2D eigenvalue weighted by Gasteiger charge is -1.98. The molecule has 5 nitrogen and oxygen atoms in total. The molecule has 0 aromatic heterocycles. The van der Waals surface area contributed by atoms with Gasteiger partial charge in [0.25, 0.3) is 10.1 Å². The number of rotatable bonds is 2. The van der Waals surface area contributed by atoms with Crippen molar-refractivity contribution in [3.63, 3.8) is 0 Å². The van der Waals surface area contributed by atoms with Gasteiger partial charge in [0.2, 0.25) is 0 Å². The summed E-state index contributed by atoms with van der Waals surface area (Å²) in [6.07, 6.45) is 0. The van der Waals surface area contributed by atoms with Gasteiger partial charge in [0.1, 0.15) is 10.7 Å². The summed E-state index contributed by atoms with van der Waals surface area (Å²) in [4.78, 5) is -0.910. The summed E-state index contributed by atoms with van der Waals surface area (Å²) in [6, 6.07) is 2.08. The van der Waals surface area contributed by atoms with Crippen LogP contribution >= 0.6 is 19.8 Å². The summed E-state index contributed by atoms with van der Waals surface area (Å²) in [5, 5.41) is 0. The smallest absolute Gasteiger partial charge is 0.282 e. The van der Waals surface area contributed by atoms with Crippen molar-refractivity contribution < 1.29 is 23.5 Å². The van der Waals surface area contributed by atoms with Gasteiger partial charge in [0.15, 0.2) is 0 Å². The van der Waals surface area contributed by atoms with Crippen LogP contribution in [0.25, 0.3) is 0 Å². The fraction of sp³-hybridized carbons (Fsp3) is 0. The summed E-state index contributed by atoms with van der Waals surface area (Å²) in [6.45, 7) is 0. The van der Waals surface area contributed by atoms with Crippen molar-refractivity contribution in [3.05, 3.63) is 27.6 Å². The van der Waals surface area contributed by atoms with Crippen LogP contribution in [0.5, 0.6) is 0 Å². The predicted octanol–water partition coefficient (Wildman–Crippen LogP) is 1.44. The Morgan fingerprint density at radius 2 is 1.86 bits per heavy atom. The second kappa shape index (κ2) is 3.87. The van der Waals surface area contributed by atoms with E-state index in [1.165, 1.54) is 0 Å². The molecule has 78 valence electrons. The average molecular weight is 334 g/mol. The normalized spacial score (nSPS) is 11.9. The number of hydrogen-bond acceptors (Lipinski definition) is 4. The second-order valence-corrected chi connectivity index (χ2v) is 6.06. The Kier molecular flexibility index (Phi) is 3.17. The maximum Gasteiger partial charge on any atom is 0.342 e. The third-order valence-corrected chi connectivity index (χ3v) is 4.49. The van der Waals surface area contributed by atoms with E-state index in [0.717, 1.165) is 12.1 Å². The first kappa shape index (κ1) is 11.5. The van der Waals surface area contributed by atoms with Crippen molar-refractivity contribution in [1.82, 2.24) is 0 Å². The Balaban J connectivity index is 3.62. The minimum Gasteiger partial charge on any atom is -0.282 e. The molecule has 0 aliphatic heterocycles. The Labute approximate surface area is 85.8 Å². The molecule has 1 N–H and O–H groups in total. The van der Waals surface area contributed by atoms with Crippen molar-refractivity contribution in [2.75, 3.05) is 0 Å². The molecule has 0 spiro atoms. The molecule has 0 radical (unpaired) electrons. The molecule has 0 saturated heterocycles. The van der Waals surface area contributed by atoms with Crippen LogP contribution in [-0.2, 0) is 16.3 Å². The highest BCUT2D eigenvalue weighted by Gasteiger charge is 2.19. The monoisotopic (exact) mass is 334 g/mol. The molecule has 0 saturated carbocycles. The lowest BCUT2D eigenvalue weighted by molar-refractivity contribution is 0.481. The van der Waals surface area contributed by atoms with Gasteiger partial charge in [-0.2, -0.15) is 8.42 Å². The molecule has 0 fully saturated rings. The van der Waals surface area contributed by atoms with Crippen LogP contribution in [0, 0.1) is 9.39 Å². The Morgan fingerprint density at radius 3 is 2.29 bits per heavy atom. The summed E-state index contributed by atoms with van der Waals surface area (Å²) < 4.78 is 63.1. The van der Waals surface area contributed by atoms with E-state index in [1.807, 2.05) is 0 Å². The van der Waals surface area contributed by atoms with Gasteiger partial charge in [-0.15, -0.1) is 0 Å². The average Bonchev–Trinajstić information content (AvgIpc) is 2.01. The first-order valence-electron chi connectivity index (χ1n) is 3.14. The van der Waals surface area contributed by atoms with Crippen LogP contribution in [-0.4, -0.2) is 13.0 Å². The molecule has 0 aliphatic rings. The number of halogens is 2. The molecule has 0 atom stereocenters. The standard InChI is InChI=1S/C6H4FIO5S/c7-4-1-2-5(8(9)10)6(3-4)14(11,12)13/h1-3H,(H,11,12,13). The summed E-state index contributed by atoms with van der Waals surface area (Å²) in [7, 11) is -4.70. The first-order valence-corrected chi connectivity index (χ1v) is 7.43. The SMILES string of the molecule is O=I(=O)c1ccc(F)cc1S(=O)(=O)O. The van der Waals surface area contributed by atoms with Crippen LogP contribution in [0.4, 0.5) is 4.39 Å². The van der Waals surface area contributed by atoms with Gasteiger partial charge in [-0.1, -0.05) is 0 Å². The third kappa shape index (κ3) is 2.45. The van der Waals surface area contributed by atoms with E-state index in [9.17, 15) is 18.9 Å². The van der Waals surface area contributed by atoms with E-state index in [-0.39, 0.29) is 0 Å². The van der Waals surface area contributed by atoms with E-state index in [1.54, 1.807) is 0 Å². The van der Waals surface area contributed by atoms with E-state index in [2.05, 4.69) is 0 Å². The van der Waals surface area contributed by atoms with E-state index >= 15 is 0 Å². The van der Waals surface area contributed by atoms with E-state index in [0.29, 0.717) is 6.07 Å². The molecule has 0 amide bonds. The van der Waals surface area contributed by atoms with E-state index < -0.39 is 44.2 Å². The Hall–Kier alpha value is -0.610. The Bertz CT molecular complexity index is 525. The number of benzene rings is 1. The molecule has 0 unspecified atom stereocenters. The van der Waals surface area contributed by atoms with Gasteiger partial charge in [0.05, 0.1) is 3.57 Å². The summed E-state index contributed by atoms with van der Waals surface area (Å²) in [5.41, 5.74) is 0. The van der Waals surface area contributed by atoms with Crippen LogP contribution in [0.15, 0.2) is 23.1 Å². The molecule has 1 rings (SSSR count). The van der Waals surface area contributed by atoms with Gasteiger partial charge in [-0.05, 0) is 18.2 Å². The Morgan fingerprint density at radius 1 is 1.29 bits per heavy atom. The fourth-order valence-electron chi connectivity index (χ4n) is 0.802. The molecule has 0 heterocycles. The maximum absolute atomic E-state index is 12.6. The predicted molar refractivity (Wildman–Crippen MR) is 50.3 cm³/mol. The minimum atomic E-state index is -4.70. The molecule has 1 aromatic rings. The molecule has 0 bridgehead atoms. The topological polar surface area (TPSA) is 88.5 Å². The maximum atomic E-state index is 12.6. The quantitative estimate of drug-likeness (QED) is 0.653. The summed E-state index contributed by atoms with van der Waals surface area (Å²) in [5.74, 6) is -0.931. The van der Waals surface area contributed by atoms with Crippen LogP contribution < -0.4 is 0 Å². The molecule has 1 aromatic carbocycles. The zero-order chi connectivity index (χ0) is 10.9. The zero-order valence-electron chi connectivity index (χ0n) is 6.48. The van der Waals surface area contributed by atoms with Gasteiger partial charge in [0, 0.05) is 0 Å². The third-order valence-electron chi connectivity index (χ3n) is 1.34. The highest BCUT2D eigenvalue weighted by molar-refractivity contribution is 14.2. The van der Waals surface area contributed by atoms with E-state index in [4.69, 9.17) is 4.55 Å². The van der Waals surface area contributed by atoms with Gasteiger partial charge in [-0.3, -0.25) is 4.55 Å². The van der Waals surface area contributed by atoms with Gasteiger partial charge < -0.3 is 0 Å². The molecule has 0 aliphatic carbocycles. The minimum absolute atomic E-state index is 0.463. The first-order chi connectivity index (χ1) is 6.32. The summed E-state index contributed by atoms with van der Waals surface area (Å²) >= 11 is -4.06. The van der Waals surface area contributed by atoms with Crippen molar-refractivity contribution in [3.8, 4) is 0 Å². The van der Waals surface area contributed by atoms with Crippen LogP contribution in [0.1, 0.15) is 0 Å². The fourth-order valence-corrected chi connectivity index (χ4v) is 3.70. The largest absolute Gasteiger partial charge is 0.342 e. The molecule has 14 heavy (non-hydrogen) atoms. The van der Waals surface area contributed by atoms with Gasteiger partial charge >= 0.3 is 19.8 Å². The van der Waals surface area contributed by atoms with Gasteiger partial charge in [-0.25, -0.2) is 10.5 Å². The van der Waals surface area contributed by atoms with Crippen LogP contribution in [0.2, 0.25) is 0 Å². The lowest BCUT2D eigenvalue weighted by Crippen LogP contribution is -2.01. The molecular weight excluding hydrogens is 330 g/mol.